The quantitative estimate of drug-likeness (QED) is 0.831. The van der Waals surface area contributed by atoms with Crippen molar-refractivity contribution in [2.45, 2.75) is 45.0 Å². The second-order valence-corrected chi connectivity index (χ2v) is 6.96. The smallest absolute Gasteiger partial charge is 0.243 e. The molecule has 134 valence electrons. The maximum Gasteiger partial charge on any atom is 0.243 e. The molecule has 3 heterocycles. The first-order valence-corrected chi connectivity index (χ1v) is 9.20. The second-order valence-electron chi connectivity index (χ2n) is 6.96. The molecule has 0 aliphatic carbocycles. The molecule has 4 rings (SSSR count). The Balaban J connectivity index is 1.45. The van der Waals surface area contributed by atoms with Crippen molar-refractivity contribution in [1.29, 1.82) is 0 Å². The Kier molecular flexibility index (Phi) is 4.83. The van der Waals surface area contributed by atoms with Crippen LogP contribution in [-0.4, -0.2) is 58.3 Å². The number of nitrogens with zero attached hydrogens (tertiary/aromatic N) is 4. The van der Waals surface area contributed by atoms with E-state index in [-0.39, 0.29) is 12.1 Å². The van der Waals surface area contributed by atoms with Crippen LogP contribution < -0.4 is 0 Å². The predicted molar refractivity (Wildman–Crippen MR) is 94.0 cm³/mol. The SMILES string of the molecule is CCc1noc([C@H](C)N2C[C@@H]3OCCN(Cc4ccccc4)[C@@H]3C2)n1. The average Bonchev–Trinajstić information content (AvgIpc) is 3.29. The molecule has 6 heteroatoms. The van der Waals surface area contributed by atoms with Gasteiger partial charge in [-0.2, -0.15) is 4.98 Å². The standard InChI is InChI=1S/C19H26N4O2/c1-3-18-20-19(25-21-18)14(2)23-12-16-17(13-23)24-10-9-22(16)11-15-7-5-4-6-8-15/h4-8,14,16-17H,3,9-13H2,1-2H3/t14-,16+,17-/m0/s1. The molecule has 0 saturated carbocycles. The molecule has 6 nitrogen and oxygen atoms in total. The van der Waals surface area contributed by atoms with E-state index in [1.807, 2.05) is 6.92 Å². The van der Waals surface area contributed by atoms with Crippen LogP contribution in [0.4, 0.5) is 0 Å². The lowest BCUT2D eigenvalue weighted by Crippen LogP contribution is -2.50. The summed E-state index contributed by atoms with van der Waals surface area (Å²) in [6.07, 6.45) is 1.06. The first kappa shape index (κ1) is 16.7. The summed E-state index contributed by atoms with van der Waals surface area (Å²) in [5.41, 5.74) is 1.36. The Morgan fingerprint density at radius 2 is 2.08 bits per heavy atom. The van der Waals surface area contributed by atoms with Gasteiger partial charge < -0.3 is 9.26 Å². The van der Waals surface area contributed by atoms with E-state index in [0.717, 1.165) is 45.0 Å². The first-order valence-electron chi connectivity index (χ1n) is 9.20. The fraction of sp³-hybridized carbons (Fsp3) is 0.579. The molecule has 1 aromatic heterocycles. The molecule has 0 radical (unpaired) electrons. The number of aromatic nitrogens is 2. The van der Waals surface area contributed by atoms with E-state index in [1.165, 1.54) is 5.56 Å². The lowest BCUT2D eigenvalue weighted by Gasteiger charge is -2.37. The van der Waals surface area contributed by atoms with Crippen molar-refractivity contribution in [2.24, 2.45) is 0 Å². The van der Waals surface area contributed by atoms with Crippen LogP contribution in [0.3, 0.4) is 0 Å². The largest absolute Gasteiger partial charge is 0.374 e. The maximum absolute atomic E-state index is 6.06. The number of morpholine rings is 1. The average molecular weight is 342 g/mol. The molecule has 2 aliphatic rings. The van der Waals surface area contributed by atoms with Crippen LogP contribution in [-0.2, 0) is 17.7 Å². The number of rotatable bonds is 5. The van der Waals surface area contributed by atoms with Crippen LogP contribution >= 0.6 is 0 Å². The normalized spacial score (nSPS) is 25.8. The zero-order chi connectivity index (χ0) is 17.2. The van der Waals surface area contributed by atoms with Crippen molar-refractivity contribution in [2.75, 3.05) is 26.2 Å². The summed E-state index contributed by atoms with van der Waals surface area (Å²) in [5.74, 6) is 1.49. The van der Waals surface area contributed by atoms with Gasteiger partial charge in [0.25, 0.3) is 0 Å². The van der Waals surface area contributed by atoms with Gasteiger partial charge in [-0.15, -0.1) is 0 Å². The van der Waals surface area contributed by atoms with Crippen LogP contribution in [0.15, 0.2) is 34.9 Å². The van der Waals surface area contributed by atoms with Gasteiger partial charge in [0.2, 0.25) is 5.89 Å². The number of aryl methyl sites for hydroxylation is 1. The van der Waals surface area contributed by atoms with E-state index in [2.05, 4.69) is 57.2 Å². The lowest BCUT2D eigenvalue weighted by atomic mass is 10.1. The highest BCUT2D eigenvalue weighted by molar-refractivity contribution is 5.15. The van der Waals surface area contributed by atoms with Crippen LogP contribution in [0.2, 0.25) is 0 Å². The lowest BCUT2D eigenvalue weighted by molar-refractivity contribution is -0.0505. The Morgan fingerprint density at radius 3 is 2.84 bits per heavy atom. The van der Waals surface area contributed by atoms with Crippen LogP contribution in [0, 0.1) is 0 Å². The van der Waals surface area contributed by atoms with Crippen molar-refractivity contribution < 1.29 is 9.26 Å². The number of fused-ring (bicyclic) bond motifs is 1. The third-order valence-electron chi connectivity index (χ3n) is 5.38. The summed E-state index contributed by atoms with van der Waals surface area (Å²) in [4.78, 5) is 9.47. The van der Waals surface area contributed by atoms with Gasteiger partial charge in [0.05, 0.1) is 24.8 Å². The number of hydrogen-bond donors (Lipinski definition) is 0. The highest BCUT2D eigenvalue weighted by Gasteiger charge is 2.42. The molecular formula is C19H26N4O2. The topological polar surface area (TPSA) is 54.6 Å². The zero-order valence-corrected chi connectivity index (χ0v) is 15.0. The van der Waals surface area contributed by atoms with E-state index in [9.17, 15) is 0 Å². The fourth-order valence-corrected chi connectivity index (χ4v) is 3.85. The first-order chi connectivity index (χ1) is 12.2. The van der Waals surface area contributed by atoms with Crippen molar-refractivity contribution in [3.63, 3.8) is 0 Å². The van der Waals surface area contributed by atoms with Crippen LogP contribution in [0.5, 0.6) is 0 Å². The van der Waals surface area contributed by atoms with Crippen LogP contribution in [0.1, 0.15) is 37.2 Å². The van der Waals surface area contributed by atoms with Crippen molar-refractivity contribution in [1.82, 2.24) is 19.9 Å². The Morgan fingerprint density at radius 1 is 1.24 bits per heavy atom. The number of benzene rings is 1. The fourth-order valence-electron chi connectivity index (χ4n) is 3.85. The van der Waals surface area contributed by atoms with E-state index < -0.39 is 0 Å². The van der Waals surface area contributed by atoms with E-state index in [4.69, 9.17) is 9.26 Å². The maximum atomic E-state index is 6.06. The summed E-state index contributed by atoms with van der Waals surface area (Å²) in [6, 6.07) is 11.2. The Hall–Kier alpha value is -1.76. The summed E-state index contributed by atoms with van der Waals surface area (Å²) < 4.78 is 11.5. The molecular weight excluding hydrogens is 316 g/mol. The molecule has 2 aliphatic heterocycles. The molecule has 0 spiro atoms. The minimum absolute atomic E-state index is 0.126. The number of hydrogen-bond acceptors (Lipinski definition) is 6. The summed E-state index contributed by atoms with van der Waals surface area (Å²) >= 11 is 0. The number of likely N-dealkylation sites (tertiary alicyclic amines) is 1. The van der Waals surface area contributed by atoms with Gasteiger partial charge in [-0.3, -0.25) is 9.80 Å². The molecule has 0 unspecified atom stereocenters. The molecule has 0 bridgehead atoms. The van der Waals surface area contributed by atoms with Crippen molar-refractivity contribution in [3.8, 4) is 0 Å². The van der Waals surface area contributed by atoms with Crippen molar-refractivity contribution in [3.05, 3.63) is 47.6 Å². The molecule has 0 amide bonds. The van der Waals surface area contributed by atoms with Gasteiger partial charge in [-0.05, 0) is 12.5 Å². The molecule has 2 fully saturated rings. The minimum Gasteiger partial charge on any atom is -0.374 e. The minimum atomic E-state index is 0.126. The Bertz CT molecular complexity index is 690. The monoisotopic (exact) mass is 342 g/mol. The summed E-state index contributed by atoms with van der Waals surface area (Å²) in [7, 11) is 0. The third kappa shape index (κ3) is 3.47. The number of ether oxygens (including phenoxy) is 1. The van der Waals surface area contributed by atoms with Gasteiger partial charge in [-0.25, -0.2) is 0 Å². The highest BCUT2D eigenvalue weighted by Crippen LogP contribution is 2.30. The highest BCUT2D eigenvalue weighted by atomic mass is 16.5. The molecule has 25 heavy (non-hydrogen) atoms. The van der Waals surface area contributed by atoms with Crippen molar-refractivity contribution >= 4 is 0 Å². The molecule has 2 aromatic rings. The molecule has 0 N–H and O–H groups in total. The van der Waals surface area contributed by atoms with Gasteiger partial charge >= 0.3 is 0 Å². The molecule has 3 atom stereocenters. The molecule has 2 saturated heterocycles. The summed E-state index contributed by atoms with van der Waals surface area (Å²) in [6.45, 7) is 8.85. The van der Waals surface area contributed by atoms with E-state index >= 15 is 0 Å². The van der Waals surface area contributed by atoms with Crippen LogP contribution in [0.25, 0.3) is 0 Å². The van der Waals surface area contributed by atoms with E-state index in [1.54, 1.807) is 0 Å². The van der Waals surface area contributed by atoms with Gasteiger partial charge in [0.15, 0.2) is 5.82 Å². The zero-order valence-electron chi connectivity index (χ0n) is 15.0. The van der Waals surface area contributed by atoms with Gasteiger partial charge in [0, 0.05) is 32.6 Å². The van der Waals surface area contributed by atoms with E-state index in [0.29, 0.717) is 11.9 Å². The Labute approximate surface area is 148 Å². The summed E-state index contributed by atoms with van der Waals surface area (Å²) in [5, 5.41) is 4.03. The molecule has 1 aromatic carbocycles. The predicted octanol–water partition coefficient (Wildman–Crippen LogP) is 2.28. The van der Waals surface area contributed by atoms with Gasteiger partial charge in [-0.1, -0.05) is 42.4 Å². The second kappa shape index (κ2) is 7.23. The third-order valence-corrected chi connectivity index (χ3v) is 5.38. The van der Waals surface area contributed by atoms with Gasteiger partial charge in [0.1, 0.15) is 0 Å².